The molecule has 13 heavy (non-hydrogen) atoms. The highest BCUT2D eigenvalue weighted by Gasteiger charge is 2.21. The Balaban J connectivity index is 2.14. The molecule has 0 atom stereocenters. The first-order valence-corrected chi connectivity index (χ1v) is 4.48. The van der Waals surface area contributed by atoms with Gasteiger partial charge in [-0.15, -0.1) is 0 Å². The van der Waals surface area contributed by atoms with Crippen molar-refractivity contribution in [2.75, 3.05) is 26.3 Å². The summed E-state index contributed by atoms with van der Waals surface area (Å²) >= 11 is 0. The molecule has 5 heteroatoms. The average Bonchev–Trinajstić information content (AvgIpc) is 2.07. The molecular weight excluding hydrogens is 172 g/mol. The Kier molecular flexibility index (Phi) is 4.14. The molecule has 76 valence electrons. The molecule has 1 rings (SSSR count). The maximum atomic E-state index is 11.2. The summed E-state index contributed by atoms with van der Waals surface area (Å²) in [7, 11) is 0. The molecule has 1 aliphatic rings. The van der Waals surface area contributed by atoms with Gasteiger partial charge in [-0.05, 0) is 19.0 Å². The molecule has 0 bridgehead atoms. The Labute approximate surface area is 77.1 Å². The van der Waals surface area contributed by atoms with Crippen molar-refractivity contribution >= 4 is 5.91 Å². The lowest BCUT2D eigenvalue weighted by Gasteiger charge is -2.27. The lowest BCUT2D eigenvalue weighted by atomic mass is 9.99. The number of rotatable bonds is 5. The number of nitrogens with one attached hydrogen (secondary N) is 2. The third-order valence-electron chi connectivity index (χ3n) is 2.15. The molecule has 0 radical (unpaired) electrons. The van der Waals surface area contributed by atoms with Gasteiger partial charge < -0.3 is 20.8 Å². The predicted molar refractivity (Wildman–Crippen MR) is 47.1 cm³/mol. The molecule has 1 heterocycles. The number of hydrogen-bond donors (Lipinski definition) is 4. The van der Waals surface area contributed by atoms with E-state index in [4.69, 9.17) is 10.2 Å². The van der Waals surface area contributed by atoms with Crippen LogP contribution < -0.4 is 10.6 Å². The number of carbonyl (C=O) groups is 1. The number of carbonyl (C=O) groups excluding carboxylic acids is 1. The van der Waals surface area contributed by atoms with Crippen LogP contribution in [0.25, 0.3) is 0 Å². The zero-order chi connectivity index (χ0) is 9.68. The van der Waals surface area contributed by atoms with E-state index in [0.717, 1.165) is 13.1 Å². The van der Waals surface area contributed by atoms with Crippen LogP contribution in [0.2, 0.25) is 0 Å². The lowest BCUT2D eigenvalue weighted by Crippen LogP contribution is -2.47. The standard InChI is InChI=1S/C8H16N2O3/c11-4-7(5-12)10-8(13)1-6-2-9-3-6/h6-7,9,11-12H,1-5H2,(H,10,13). The van der Waals surface area contributed by atoms with Crippen LogP contribution in [0.1, 0.15) is 6.42 Å². The van der Waals surface area contributed by atoms with Crippen molar-refractivity contribution in [1.82, 2.24) is 10.6 Å². The maximum absolute atomic E-state index is 11.2. The fourth-order valence-corrected chi connectivity index (χ4v) is 1.19. The van der Waals surface area contributed by atoms with E-state index < -0.39 is 6.04 Å². The van der Waals surface area contributed by atoms with Crippen LogP contribution in [0.15, 0.2) is 0 Å². The predicted octanol–water partition coefficient (Wildman–Crippen LogP) is -1.93. The quantitative estimate of drug-likeness (QED) is 0.405. The van der Waals surface area contributed by atoms with Crippen LogP contribution in [0.4, 0.5) is 0 Å². The lowest BCUT2D eigenvalue weighted by molar-refractivity contribution is -0.123. The van der Waals surface area contributed by atoms with E-state index in [1.54, 1.807) is 0 Å². The third kappa shape index (κ3) is 3.30. The minimum atomic E-state index is -0.513. The van der Waals surface area contributed by atoms with Crippen LogP contribution in [-0.4, -0.2) is 48.5 Å². The van der Waals surface area contributed by atoms with Crippen LogP contribution in [0, 0.1) is 5.92 Å². The van der Waals surface area contributed by atoms with Crippen LogP contribution in [0.3, 0.4) is 0 Å². The highest BCUT2D eigenvalue weighted by atomic mass is 16.3. The molecule has 0 aromatic rings. The Morgan fingerprint density at radius 3 is 2.46 bits per heavy atom. The van der Waals surface area contributed by atoms with Crippen molar-refractivity contribution in [3.8, 4) is 0 Å². The van der Waals surface area contributed by atoms with Crippen LogP contribution >= 0.6 is 0 Å². The molecule has 0 spiro atoms. The minimum Gasteiger partial charge on any atom is -0.394 e. The second-order valence-electron chi connectivity index (χ2n) is 3.36. The number of aliphatic hydroxyl groups is 2. The van der Waals surface area contributed by atoms with Crippen LogP contribution in [0.5, 0.6) is 0 Å². The Bertz CT molecular complexity index is 167. The van der Waals surface area contributed by atoms with Gasteiger partial charge in [0.2, 0.25) is 5.91 Å². The Hall–Kier alpha value is -0.650. The normalized spacial score (nSPS) is 17.2. The number of hydrogen-bond acceptors (Lipinski definition) is 4. The van der Waals surface area contributed by atoms with Gasteiger partial charge in [-0.1, -0.05) is 0 Å². The summed E-state index contributed by atoms with van der Waals surface area (Å²) in [6, 6.07) is -0.513. The maximum Gasteiger partial charge on any atom is 0.220 e. The van der Waals surface area contributed by atoms with Gasteiger partial charge in [0.1, 0.15) is 0 Å². The average molecular weight is 188 g/mol. The van der Waals surface area contributed by atoms with Crippen molar-refractivity contribution in [3.05, 3.63) is 0 Å². The van der Waals surface area contributed by atoms with Gasteiger partial charge in [0.05, 0.1) is 19.3 Å². The molecule has 0 saturated carbocycles. The van der Waals surface area contributed by atoms with E-state index >= 15 is 0 Å². The summed E-state index contributed by atoms with van der Waals surface area (Å²) in [6.07, 6.45) is 0.476. The fraction of sp³-hybridized carbons (Fsp3) is 0.875. The summed E-state index contributed by atoms with van der Waals surface area (Å²) in [5.74, 6) is 0.317. The third-order valence-corrected chi connectivity index (χ3v) is 2.15. The summed E-state index contributed by atoms with van der Waals surface area (Å²) in [6.45, 7) is 1.34. The molecular formula is C8H16N2O3. The smallest absolute Gasteiger partial charge is 0.220 e. The molecule has 1 aliphatic heterocycles. The summed E-state index contributed by atoms with van der Waals surface area (Å²) < 4.78 is 0. The minimum absolute atomic E-state index is 0.0976. The first-order valence-electron chi connectivity index (χ1n) is 4.48. The highest BCUT2D eigenvalue weighted by molar-refractivity contribution is 5.76. The van der Waals surface area contributed by atoms with Crippen LogP contribution in [-0.2, 0) is 4.79 Å². The van der Waals surface area contributed by atoms with Gasteiger partial charge in [-0.3, -0.25) is 4.79 Å². The van der Waals surface area contributed by atoms with E-state index in [9.17, 15) is 4.79 Å². The monoisotopic (exact) mass is 188 g/mol. The molecule has 0 aromatic heterocycles. The molecule has 1 saturated heterocycles. The molecule has 0 aliphatic carbocycles. The molecule has 1 amide bonds. The Morgan fingerprint density at radius 2 is 2.08 bits per heavy atom. The van der Waals surface area contributed by atoms with Gasteiger partial charge in [-0.2, -0.15) is 0 Å². The first-order chi connectivity index (χ1) is 6.26. The van der Waals surface area contributed by atoms with Crippen molar-refractivity contribution in [3.63, 3.8) is 0 Å². The van der Waals surface area contributed by atoms with Crippen molar-refractivity contribution < 1.29 is 15.0 Å². The van der Waals surface area contributed by atoms with E-state index in [2.05, 4.69) is 10.6 Å². The summed E-state index contributed by atoms with van der Waals surface area (Å²) in [5.41, 5.74) is 0. The topological polar surface area (TPSA) is 81.6 Å². The fourth-order valence-electron chi connectivity index (χ4n) is 1.19. The summed E-state index contributed by atoms with van der Waals surface area (Å²) in [5, 5.41) is 23.0. The van der Waals surface area contributed by atoms with E-state index in [1.165, 1.54) is 0 Å². The molecule has 0 aromatic carbocycles. The van der Waals surface area contributed by atoms with E-state index in [-0.39, 0.29) is 19.1 Å². The van der Waals surface area contributed by atoms with Crippen molar-refractivity contribution in [2.24, 2.45) is 5.92 Å². The molecule has 1 fully saturated rings. The largest absolute Gasteiger partial charge is 0.394 e. The van der Waals surface area contributed by atoms with Gasteiger partial charge in [-0.25, -0.2) is 0 Å². The molecule has 0 unspecified atom stereocenters. The zero-order valence-electron chi connectivity index (χ0n) is 7.49. The van der Waals surface area contributed by atoms with Gasteiger partial charge in [0.15, 0.2) is 0 Å². The van der Waals surface area contributed by atoms with Gasteiger partial charge >= 0.3 is 0 Å². The summed E-state index contributed by atoms with van der Waals surface area (Å²) in [4.78, 5) is 11.2. The molecule has 5 nitrogen and oxygen atoms in total. The van der Waals surface area contributed by atoms with Gasteiger partial charge in [0.25, 0.3) is 0 Å². The first kappa shape index (κ1) is 10.4. The zero-order valence-corrected chi connectivity index (χ0v) is 7.49. The van der Waals surface area contributed by atoms with Gasteiger partial charge in [0, 0.05) is 6.42 Å². The van der Waals surface area contributed by atoms with Crippen molar-refractivity contribution in [1.29, 1.82) is 0 Å². The Morgan fingerprint density at radius 1 is 1.46 bits per heavy atom. The second-order valence-corrected chi connectivity index (χ2v) is 3.36. The highest BCUT2D eigenvalue weighted by Crippen LogP contribution is 2.07. The van der Waals surface area contributed by atoms with E-state index in [0.29, 0.717) is 12.3 Å². The second kappa shape index (κ2) is 5.16. The SMILES string of the molecule is O=C(CC1CNC1)NC(CO)CO. The number of aliphatic hydroxyl groups excluding tert-OH is 2. The van der Waals surface area contributed by atoms with Crippen molar-refractivity contribution in [2.45, 2.75) is 12.5 Å². The van der Waals surface area contributed by atoms with E-state index in [1.807, 2.05) is 0 Å². The number of amides is 1. The molecule has 4 N–H and O–H groups in total.